The molecule has 1 saturated heterocycles. The van der Waals surface area contributed by atoms with E-state index in [4.69, 9.17) is 8.85 Å². The summed E-state index contributed by atoms with van der Waals surface area (Å²) in [5.74, 6) is 0.515. The van der Waals surface area contributed by atoms with Gasteiger partial charge in [-0.15, -0.1) is 0 Å². The zero-order valence-electron chi connectivity index (χ0n) is 11.5. The molecule has 16 heavy (non-hydrogen) atoms. The molecule has 0 radical (unpaired) electrons. The van der Waals surface area contributed by atoms with Crippen molar-refractivity contribution in [1.29, 1.82) is 0 Å². The van der Waals surface area contributed by atoms with Crippen LogP contribution in [-0.4, -0.2) is 40.7 Å². The van der Waals surface area contributed by atoms with Gasteiger partial charge >= 0.3 is 8.72 Å². The summed E-state index contributed by atoms with van der Waals surface area (Å²) in [6, 6.07) is 0. The van der Waals surface area contributed by atoms with Crippen molar-refractivity contribution < 1.29 is 8.85 Å². The van der Waals surface area contributed by atoms with E-state index in [1.807, 2.05) is 0 Å². The first kappa shape index (κ1) is 14.1. The van der Waals surface area contributed by atoms with Crippen LogP contribution in [0.5, 0.6) is 0 Å². The van der Waals surface area contributed by atoms with E-state index < -0.39 is 8.72 Å². The first-order chi connectivity index (χ1) is 7.42. The van der Waals surface area contributed by atoms with Gasteiger partial charge in [-0.3, -0.25) is 5.43 Å². The van der Waals surface area contributed by atoms with Crippen LogP contribution in [-0.2, 0) is 8.85 Å². The molecule has 1 fully saturated rings. The van der Waals surface area contributed by atoms with Crippen molar-refractivity contribution in [2.75, 3.05) is 27.3 Å². The van der Waals surface area contributed by atoms with Crippen LogP contribution in [0.2, 0.25) is 5.04 Å². The Bertz CT molecular complexity index is 224. The summed E-state index contributed by atoms with van der Waals surface area (Å²) in [6.45, 7) is 11.0. The van der Waals surface area contributed by atoms with Gasteiger partial charge in [0, 0.05) is 32.3 Å². The third kappa shape index (κ3) is 2.07. The standard InChI is InChI=1S/C11H26N2O2Si/c1-10(2)11(3,4)16(14-5,15-6)13-9-7-8-12-13/h10,12H,7-9H2,1-6H3. The van der Waals surface area contributed by atoms with Crippen LogP contribution < -0.4 is 5.43 Å². The molecule has 1 aliphatic rings. The summed E-state index contributed by atoms with van der Waals surface area (Å²) in [4.78, 5) is 0. The van der Waals surface area contributed by atoms with Crippen molar-refractivity contribution in [2.45, 2.75) is 39.2 Å². The highest BCUT2D eigenvalue weighted by Crippen LogP contribution is 2.46. The van der Waals surface area contributed by atoms with E-state index in [0.29, 0.717) is 5.92 Å². The number of nitrogens with zero attached hydrogens (tertiary/aromatic N) is 1. The summed E-state index contributed by atoms with van der Waals surface area (Å²) in [5.41, 5.74) is 3.41. The lowest BCUT2D eigenvalue weighted by Gasteiger charge is -2.47. The second-order valence-corrected chi connectivity index (χ2v) is 9.09. The third-order valence-electron chi connectivity index (χ3n) is 4.03. The van der Waals surface area contributed by atoms with Crippen LogP contribution in [0, 0.1) is 5.92 Å². The highest BCUT2D eigenvalue weighted by Gasteiger charge is 2.58. The highest BCUT2D eigenvalue weighted by atomic mass is 28.4. The summed E-state index contributed by atoms with van der Waals surface area (Å²) in [5, 5.41) is 0.0356. The van der Waals surface area contributed by atoms with E-state index in [9.17, 15) is 0 Å². The van der Waals surface area contributed by atoms with Gasteiger partial charge in [0.15, 0.2) is 0 Å². The Morgan fingerprint density at radius 3 is 2.12 bits per heavy atom. The van der Waals surface area contributed by atoms with Crippen LogP contribution in [0.15, 0.2) is 0 Å². The molecule has 0 spiro atoms. The van der Waals surface area contributed by atoms with Gasteiger partial charge in [0.05, 0.1) is 0 Å². The van der Waals surface area contributed by atoms with Gasteiger partial charge in [-0.1, -0.05) is 27.7 Å². The molecule has 1 rings (SSSR count). The predicted octanol–water partition coefficient (Wildman–Crippen LogP) is 1.86. The van der Waals surface area contributed by atoms with Crippen molar-refractivity contribution in [3.05, 3.63) is 0 Å². The van der Waals surface area contributed by atoms with E-state index in [0.717, 1.165) is 19.5 Å². The second kappa shape index (κ2) is 5.14. The fourth-order valence-corrected chi connectivity index (χ4v) is 6.18. The van der Waals surface area contributed by atoms with E-state index in [-0.39, 0.29) is 5.04 Å². The number of nitrogens with one attached hydrogen (secondary N) is 1. The Labute approximate surface area is 101 Å². The van der Waals surface area contributed by atoms with Crippen molar-refractivity contribution in [1.82, 2.24) is 10.1 Å². The largest absolute Gasteiger partial charge is 0.447 e. The van der Waals surface area contributed by atoms with Gasteiger partial charge in [0.1, 0.15) is 0 Å². The Balaban J connectivity index is 3.03. The molecule has 0 saturated carbocycles. The molecule has 1 heterocycles. The number of hydrogen-bond donors (Lipinski definition) is 1. The molecular weight excluding hydrogens is 220 g/mol. The van der Waals surface area contributed by atoms with Crippen molar-refractivity contribution in [3.8, 4) is 0 Å². The summed E-state index contributed by atoms with van der Waals surface area (Å²) in [6.07, 6.45) is 1.16. The van der Waals surface area contributed by atoms with Gasteiger partial charge in [0.2, 0.25) is 0 Å². The minimum absolute atomic E-state index is 0.0356. The molecular formula is C11H26N2O2Si. The van der Waals surface area contributed by atoms with E-state index >= 15 is 0 Å². The smallest absolute Gasteiger partial charge is 0.385 e. The van der Waals surface area contributed by atoms with Gasteiger partial charge in [0.25, 0.3) is 0 Å². The predicted molar refractivity (Wildman–Crippen MR) is 68.0 cm³/mol. The fraction of sp³-hybridized carbons (Fsp3) is 1.00. The minimum atomic E-state index is -2.38. The second-order valence-electron chi connectivity index (χ2n) is 5.28. The Morgan fingerprint density at radius 2 is 1.81 bits per heavy atom. The lowest BCUT2D eigenvalue weighted by atomic mass is 9.99. The first-order valence-corrected chi connectivity index (χ1v) is 7.80. The molecule has 4 nitrogen and oxygen atoms in total. The molecule has 0 atom stereocenters. The normalized spacial score (nSPS) is 19.7. The molecule has 5 heteroatoms. The molecule has 0 aromatic heterocycles. The van der Waals surface area contributed by atoms with Crippen molar-refractivity contribution in [2.24, 2.45) is 5.92 Å². The lowest BCUT2D eigenvalue weighted by Crippen LogP contribution is -2.67. The zero-order chi connectivity index (χ0) is 12.4. The Morgan fingerprint density at radius 1 is 1.25 bits per heavy atom. The zero-order valence-corrected chi connectivity index (χ0v) is 12.5. The SMILES string of the molecule is CO[Si](OC)(N1CCCN1)C(C)(C)C(C)C. The monoisotopic (exact) mass is 246 g/mol. The van der Waals surface area contributed by atoms with Gasteiger partial charge in [-0.25, -0.2) is 4.67 Å². The quantitative estimate of drug-likeness (QED) is 0.751. The topological polar surface area (TPSA) is 33.7 Å². The van der Waals surface area contributed by atoms with Crippen molar-refractivity contribution >= 4 is 8.72 Å². The van der Waals surface area contributed by atoms with Crippen molar-refractivity contribution in [3.63, 3.8) is 0 Å². The van der Waals surface area contributed by atoms with Gasteiger partial charge in [-0.2, -0.15) is 0 Å². The molecule has 0 aromatic rings. The maximum absolute atomic E-state index is 5.88. The Kier molecular flexibility index (Phi) is 4.54. The highest BCUT2D eigenvalue weighted by molar-refractivity contribution is 6.67. The maximum Gasteiger partial charge on any atom is 0.447 e. The number of rotatable bonds is 5. The van der Waals surface area contributed by atoms with E-state index in [1.165, 1.54) is 0 Å². The number of hydrogen-bond acceptors (Lipinski definition) is 4. The maximum atomic E-state index is 5.88. The summed E-state index contributed by atoms with van der Waals surface area (Å²) >= 11 is 0. The van der Waals surface area contributed by atoms with E-state index in [1.54, 1.807) is 14.2 Å². The van der Waals surface area contributed by atoms with E-state index in [2.05, 4.69) is 37.8 Å². The fourth-order valence-electron chi connectivity index (χ4n) is 2.32. The minimum Gasteiger partial charge on any atom is -0.385 e. The molecule has 1 aliphatic heterocycles. The van der Waals surface area contributed by atoms with Gasteiger partial charge in [-0.05, 0) is 12.3 Å². The van der Waals surface area contributed by atoms with Crippen LogP contribution in [0.3, 0.4) is 0 Å². The molecule has 0 bridgehead atoms. The van der Waals surface area contributed by atoms with Gasteiger partial charge < -0.3 is 8.85 Å². The lowest BCUT2D eigenvalue weighted by molar-refractivity contribution is 0.112. The average Bonchev–Trinajstić information content (AvgIpc) is 2.73. The summed E-state index contributed by atoms with van der Waals surface area (Å²) in [7, 11) is 1.18. The molecule has 0 aliphatic carbocycles. The van der Waals surface area contributed by atoms with Crippen LogP contribution in [0.25, 0.3) is 0 Å². The molecule has 96 valence electrons. The third-order valence-corrected chi connectivity index (χ3v) is 8.43. The Hall–Kier alpha value is 0.0569. The average molecular weight is 246 g/mol. The first-order valence-electron chi connectivity index (χ1n) is 6.04. The molecule has 1 N–H and O–H groups in total. The van der Waals surface area contributed by atoms with Crippen LogP contribution in [0.4, 0.5) is 0 Å². The molecule has 0 aromatic carbocycles. The summed E-state index contributed by atoms with van der Waals surface area (Å²) < 4.78 is 14.0. The van der Waals surface area contributed by atoms with Crippen LogP contribution in [0.1, 0.15) is 34.1 Å². The molecule has 0 unspecified atom stereocenters. The van der Waals surface area contributed by atoms with Crippen LogP contribution >= 0.6 is 0 Å². The molecule has 0 amide bonds. The number of hydrazine groups is 1.